The lowest BCUT2D eigenvalue weighted by molar-refractivity contribution is -0.118. The molecule has 0 radical (unpaired) electrons. The van der Waals surface area contributed by atoms with Crippen molar-refractivity contribution in [1.82, 2.24) is 4.72 Å². The van der Waals surface area contributed by atoms with E-state index in [1.165, 1.54) is 36.4 Å². The molecular weight excluding hydrogens is 421 g/mol. The Morgan fingerprint density at radius 2 is 1.48 bits per heavy atom. The van der Waals surface area contributed by atoms with Crippen LogP contribution in [0.25, 0.3) is 0 Å². The van der Waals surface area contributed by atoms with E-state index in [4.69, 9.17) is 0 Å². The van der Waals surface area contributed by atoms with Crippen molar-refractivity contribution in [2.45, 2.75) is 24.8 Å². The molecule has 0 spiro atoms. The first-order valence-corrected chi connectivity index (χ1v) is 11.9. The molecule has 0 saturated heterocycles. The van der Waals surface area contributed by atoms with Crippen LogP contribution in [-0.2, 0) is 24.8 Å². The van der Waals surface area contributed by atoms with Gasteiger partial charge in [0.25, 0.3) is 0 Å². The van der Waals surface area contributed by atoms with E-state index in [2.05, 4.69) is 14.8 Å². The van der Waals surface area contributed by atoms with Gasteiger partial charge >= 0.3 is 0 Å². The predicted octanol–water partition coefficient (Wildman–Crippen LogP) is 2.14. The van der Waals surface area contributed by atoms with Crippen LogP contribution in [0.5, 0.6) is 0 Å². The highest BCUT2D eigenvalue weighted by atomic mass is 32.2. The number of sulfonamides is 2. The predicted molar refractivity (Wildman–Crippen MR) is 109 cm³/mol. The lowest BCUT2D eigenvalue weighted by Crippen LogP contribution is -2.47. The third kappa shape index (κ3) is 6.51. The summed E-state index contributed by atoms with van der Waals surface area (Å²) in [6, 6.07) is 9.55. The van der Waals surface area contributed by atoms with Gasteiger partial charge in [0, 0.05) is 11.4 Å². The topological polar surface area (TPSA) is 121 Å². The SMILES string of the molecule is CC(C)[C@H](NS(=O)(=O)c1ccccc1F)C(=O)Nc1ccc(NS(C)(=O)=O)cc1. The van der Waals surface area contributed by atoms with Crippen LogP contribution in [0, 0.1) is 11.7 Å². The molecule has 2 aromatic rings. The molecule has 29 heavy (non-hydrogen) atoms. The number of hydrogen-bond donors (Lipinski definition) is 3. The Hall–Kier alpha value is -2.50. The average molecular weight is 444 g/mol. The monoisotopic (exact) mass is 443 g/mol. The molecule has 3 N–H and O–H groups in total. The number of nitrogens with one attached hydrogen (secondary N) is 3. The van der Waals surface area contributed by atoms with E-state index in [1.54, 1.807) is 13.8 Å². The average Bonchev–Trinajstić information content (AvgIpc) is 2.60. The van der Waals surface area contributed by atoms with E-state index in [9.17, 15) is 26.0 Å². The van der Waals surface area contributed by atoms with Crippen LogP contribution in [-0.4, -0.2) is 35.0 Å². The molecule has 0 heterocycles. The van der Waals surface area contributed by atoms with Crippen molar-refractivity contribution < 1.29 is 26.0 Å². The summed E-state index contributed by atoms with van der Waals surface area (Å²) in [4.78, 5) is 12.1. The van der Waals surface area contributed by atoms with Crippen LogP contribution in [0.1, 0.15) is 13.8 Å². The zero-order valence-corrected chi connectivity index (χ0v) is 17.6. The second kappa shape index (κ2) is 8.89. The summed E-state index contributed by atoms with van der Waals surface area (Å²) in [5.74, 6) is -1.98. The number of carbonyl (C=O) groups is 1. The Kier molecular flexibility index (Phi) is 6.98. The molecule has 1 amide bonds. The zero-order chi connectivity index (χ0) is 21.8. The highest BCUT2D eigenvalue weighted by molar-refractivity contribution is 7.92. The molecule has 2 rings (SSSR count). The number of rotatable bonds is 8. The van der Waals surface area contributed by atoms with Crippen LogP contribution in [0.2, 0.25) is 0 Å². The van der Waals surface area contributed by atoms with E-state index >= 15 is 0 Å². The molecule has 0 saturated carbocycles. The van der Waals surface area contributed by atoms with Gasteiger partial charge in [-0.2, -0.15) is 4.72 Å². The summed E-state index contributed by atoms with van der Waals surface area (Å²) in [6.45, 7) is 3.29. The lowest BCUT2D eigenvalue weighted by atomic mass is 10.0. The van der Waals surface area contributed by atoms with Crippen molar-refractivity contribution in [2.75, 3.05) is 16.3 Å². The summed E-state index contributed by atoms with van der Waals surface area (Å²) in [7, 11) is -7.69. The Morgan fingerprint density at radius 1 is 0.931 bits per heavy atom. The Balaban J connectivity index is 2.17. The van der Waals surface area contributed by atoms with Gasteiger partial charge < -0.3 is 5.32 Å². The first-order chi connectivity index (χ1) is 13.4. The van der Waals surface area contributed by atoms with Crippen molar-refractivity contribution in [3.05, 3.63) is 54.3 Å². The van der Waals surface area contributed by atoms with Gasteiger partial charge in [0.05, 0.1) is 6.26 Å². The quantitative estimate of drug-likeness (QED) is 0.577. The second-order valence-electron chi connectivity index (χ2n) is 6.71. The maximum absolute atomic E-state index is 13.9. The molecule has 1 atom stereocenters. The molecule has 0 aliphatic rings. The maximum Gasteiger partial charge on any atom is 0.244 e. The molecule has 11 heteroatoms. The van der Waals surface area contributed by atoms with Crippen molar-refractivity contribution in [2.24, 2.45) is 5.92 Å². The van der Waals surface area contributed by atoms with Gasteiger partial charge in [-0.15, -0.1) is 0 Å². The number of halogens is 1. The van der Waals surface area contributed by atoms with Crippen molar-refractivity contribution in [3.8, 4) is 0 Å². The maximum atomic E-state index is 13.9. The molecule has 8 nitrogen and oxygen atoms in total. The van der Waals surface area contributed by atoms with Crippen molar-refractivity contribution in [1.29, 1.82) is 0 Å². The Bertz CT molecular complexity index is 1080. The summed E-state index contributed by atoms with van der Waals surface area (Å²) >= 11 is 0. The van der Waals surface area contributed by atoms with Gasteiger partial charge in [0.1, 0.15) is 16.8 Å². The number of anilines is 2. The van der Waals surface area contributed by atoms with Gasteiger partial charge in [-0.3, -0.25) is 9.52 Å². The fourth-order valence-corrected chi connectivity index (χ4v) is 4.43. The first-order valence-electron chi connectivity index (χ1n) is 8.54. The second-order valence-corrected chi connectivity index (χ2v) is 10.1. The minimum absolute atomic E-state index is 0.311. The Morgan fingerprint density at radius 3 is 2.00 bits per heavy atom. The fraction of sp³-hybridized carbons (Fsp3) is 0.278. The smallest absolute Gasteiger partial charge is 0.244 e. The minimum Gasteiger partial charge on any atom is -0.325 e. The number of carbonyl (C=O) groups excluding carboxylic acids is 1. The number of hydrogen-bond acceptors (Lipinski definition) is 5. The molecule has 0 aliphatic heterocycles. The van der Waals surface area contributed by atoms with Crippen LogP contribution in [0.15, 0.2) is 53.4 Å². The van der Waals surface area contributed by atoms with E-state index in [-0.39, 0.29) is 0 Å². The van der Waals surface area contributed by atoms with Crippen molar-refractivity contribution in [3.63, 3.8) is 0 Å². The highest BCUT2D eigenvalue weighted by Gasteiger charge is 2.29. The molecule has 0 bridgehead atoms. The van der Waals surface area contributed by atoms with Gasteiger partial charge in [0.2, 0.25) is 26.0 Å². The van der Waals surface area contributed by atoms with Crippen LogP contribution in [0.3, 0.4) is 0 Å². The minimum atomic E-state index is -4.26. The normalized spacial score (nSPS) is 13.1. The van der Waals surface area contributed by atoms with Crippen molar-refractivity contribution >= 4 is 37.3 Å². The van der Waals surface area contributed by atoms with Crippen LogP contribution in [0.4, 0.5) is 15.8 Å². The van der Waals surface area contributed by atoms with Crippen LogP contribution >= 0.6 is 0 Å². The van der Waals surface area contributed by atoms with Crippen LogP contribution < -0.4 is 14.8 Å². The largest absolute Gasteiger partial charge is 0.325 e. The molecule has 0 aromatic heterocycles. The third-order valence-electron chi connectivity index (χ3n) is 3.81. The molecule has 2 aromatic carbocycles. The summed E-state index contributed by atoms with van der Waals surface area (Å²) < 4.78 is 65.9. The number of benzene rings is 2. The molecule has 0 fully saturated rings. The van der Waals surface area contributed by atoms with Gasteiger partial charge in [-0.05, 0) is 42.3 Å². The molecule has 0 aliphatic carbocycles. The van der Waals surface area contributed by atoms with Gasteiger partial charge in [-0.25, -0.2) is 21.2 Å². The molecule has 158 valence electrons. The molecule has 0 unspecified atom stereocenters. The van der Waals surface area contributed by atoms with Gasteiger partial charge in [-0.1, -0.05) is 26.0 Å². The summed E-state index contributed by atoms with van der Waals surface area (Å²) in [5.41, 5.74) is 0.649. The molecular formula is C18H22FN3O5S2. The lowest BCUT2D eigenvalue weighted by Gasteiger charge is -2.22. The first kappa shape index (κ1) is 22.8. The fourth-order valence-electron chi connectivity index (χ4n) is 2.44. The van der Waals surface area contributed by atoms with E-state index < -0.39 is 48.6 Å². The Labute approximate surface area is 169 Å². The highest BCUT2D eigenvalue weighted by Crippen LogP contribution is 2.18. The zero-order valence-electron chi connectivity index (χ0n) is 16.0. The standard InChI is InChI=1S/C18H22FN3O5S2/c1-12(2)17(22-29(26,27)16-7-5-4-6-15(16)19)18(23)20-13-8-10-14(11-9-13)21-28(3,24)25/h4-12,17,21-22H,1-3H3,(H,20,23)/t17-/m0/s1. The number of amides is 1. The third-order valence-corrected chi connectivity index (χ3v) is 5.89. The van der Waals surface area contributed by atoms with E-state index in [0.29, 0.717) is 11.4 Å². The van der Waals surface area contributed by atoms with Gasteiger partial charge in [0.15, 0.2) is 0 Å². The van der Waals surface area contributed by atoms with E-state index in [0.717, 1.165) is 18.4 Å². The summed E-state index contributed by atoms with van der Waals surface area (Å²) in [6.07, 6.45) is 1.01. The summed E-state index contributed by atoms with van der Waals surface area (Å²) in [5, 5.41) is 2.57. The van der Waals surface area contributed by atoms with E-state index in [1.807, 2.05) is 0 Å².